The van der Waals surface area contributed by atoms with Gasteiger partial charge in [-0.2, -0.15) is 0 Å². The topological polar surface area (TPSA) is 299 Å². The molecule has 7 rings (SSSR count). The number of unbranched alkanes of at least 4 members (excludes halogenated alkanes) is 1. The van der Waals surface area contributed by atoms with Crippen molar-refractivity contribution < 1.29 is 86.3 Å². The van der Waals surface area contributed by atoms with Gasteiger partial charge >= 0.3 is 5.97 Å². The van der Waals surface area contributed by atoms with E-state index >= 15 is 0 Å². The zero-order valence-corrected chi connectivity index (χ0v) is 42.3. The van der Waals surface area contributed by atoms with Crippen LogP contribution in [-0.4, -0.2) is 114 Å². The minimum atomic E-state index is -2.05. The van der Waals surface area contributed by atoms with Crippen LogP contribution in [0.3, 0.4) is 0 Å². The number of ether oxygens (including phenoxy) is 3. The molecule has 0 saturated heterocycles. The molecule has 4 aromatic heterocycles. The second-order valence-electron chi connectivity index (χ2n) is 17.3. The Labute approximate surface area is 443 Å². The van der Waals surface area contributed by atoms with Gasteiger partial charge in [-0.25, -0.2) is 18.9 Å². The summed E-state index contributed by atoms with van der Waals surface area (Å²) in [5.41, 5.74) is 6.83. The van der Waals surface area contributed by atoms with Crippen molar-refractivity contribution in [1.82, 2.24) is 55.8 Å². The van der Waals surface area contributed by atoms with Crippen LogP contribution in [0.1, 0.15) is 80.0 Å². The first-order valence-corrected chi connectivity index (χ1v) is 23.1. The van der Waals surface area contributed by atoms with Gasteiger partial charge in [0, 0.05) is 72.9 Å². The maximum Gasteiger partial charge on any atom is 0.343 e. The first-order chi connectivity index (χ1) is 33.5. The number of nitrogens with one attached hydrogen (secondary N) is 4. The predicted molar refractivity (Wildman–Crippen MR) is 249 cm³/mol. The average Bonchev–Trinajstić information content (AvgIpc) is 3.96. The molecule has 71 heavy (non-hydrogen) atoms. The van der Waals surface area contributed by atoms with Crippen molar-refractivity contribution in [3.05, 3.63) is 86.5 Å². The maximum absolute atomic E-state index is 15.0. The van der Waals surface area contributed by atoms with Crippen LogP contribution in [0.4, 0.5) is 4.39 Å². The summed E-state index contributed by atoms with van der Waals surface area (Å²) in [6.45, 7) is 6.06. The summed E-state index contributed by atoms with van der Waals surface area (Å²) < 4.78 is 34.1. The van der Waals surface area contributed by atoms with Gasteiger partial charge in [0.1, 0.15) is 42.5 Å². The smallest absolute Gasteiger partial charge is 0.343 e. The number of aliphatic hydroxyl groups is 1. The van der Waals surface area contributed by atoms with Crippen LogP contribution in [-0.2, 0) is 82.7 Å². The van der Waals surface area contributed by atoms with Gasteiger partial charge in [-0.15, -0.1) is 5.10 Å². The van der Waals surface area contributed by atoms with E-state index in [1.165, 1.54) is 27.7 Å². The van der Waals surface area contributed by atoms with Crippen molar-refractivity contribution in [2.75, 3.05) is 32.9 Å². The molecule has 22 nitrogen and oxygen atoms in total. The second kappa shape index (κ2) is 24.2. The number of aromatic nitrogens is 7. The second-order valence-corrected chi connectivity index (χ2v) is 17.6. The van der Waals surface area contributed by atoms with E-state index in [4.69, 9.17) is 37.6 Å². The van der Waals surface area contributed by atoms with Gasteiger partial charge in [0.2, 0.25) is 23.6 Å². The zero-order chi connectivity index (χ0) is 50.3. The Morgan fingerprint density at radius 2 is 1.76 bits per heavy atom. The van der Waals surface area contributed by atoms with E-state index in [0.717, 1.165) is 0 Å². The number of benzene rings is 1. The normalized spacial score (nSPS) is 15.5. The molecule has 0 unspecified atom stereocenters. The Hall–Kier alpha value is -5.57. The maximum atomic E-state index is 15.0. The summed E-state index contributed by atoms with van der Waals surface area (Å²) in [6.07, 6.45) is 5.86. The Balaban J connectivity index is 0.00000825. The molecule has 25 heteroatoms. The SMILES string of the molecule is CC[C@@]1(O)C(=O)OCc2c1cc1n(c2=O)Cc2c-1nc1cc(F)c(C)cc1c2CNC(=O)CNC(=O)[C@H](CCCCN)NC(=O)[C@@H](NC(=O)COCCOCc1cn(-c2cnc([S-])nc2)nn1)C(C)C.[Tb]. The Morgan fingerprint density at radius 3 is 2.48 bits per heavy atom. The Bertz CT molecular complexity index is 2870. The summed E-state index contributed by atoms with van der Waals surface area (Å²) in [5, 5.41) is 30.9. The first kappa shape index (κ1) is 54.8. The molecule has 5 aromatic rings. The number of carbonyl (C=O) groups excluding carboxylic acids is 5. The molecule has 0 bridgehead atoms. The molecule has 3 atom stereocenters. The van der Waals surface area contributed by atoms with E-state index in [0.29, 0.717) is 64.2 Å². The van der Waals surface area contributed by atoms with Crippen molar-refractivity contribution in [2.45, 2.75) is 103 Å². The van der Waals surface area contributed by atoms with Crippen molar-refractivity contribution >= 4 is 53.1 Å². The molecule has 0 spiro atoms. The standard InChI is InChI=1S/C46H55FN12O10S.Tb/c1-5-46(66)32-13-36-40-30(20-58(36)43(64)31(32)22-69-44(46)65)29(28-12-25(4)33(47)14-35(28)53-40)17-49-37(60)18-50-41(62)34(8-6-7-9-48)54-42(63)39(24(2)3)55-38(61)23-68-11-10-67-21-26-19-59(57-56-26)27-15-51-45(70)52-16-27;/h12-16,19,24,34,39,66H,5-11,17-18,20-23,48H2,1-4H3,(H,49,60)(H,50,62)(H,54,63)(H,55,61)(H,51,52,70);/p-1/t34-,39-,46-;/m0./s1. The number of hydrogen-bond acceptors (Lipinski definition) is 17. The molecule has 2 aliphatic heterocycles. The number of fused-ring (bicyclic) bond motifs is 5. The van der Waals surface area contributed by atoms with E-state index in [9.17, 15) is 38.3 Å². The van der Waals surface area contributed by atoms with Gasteiger partial charge in [0.25, 0.3) is 5.56 Å². The van der Waals surface area contributed by atoms with E-state index in [1.54, 1.807) is 46.0 Å². The molecule has 4 amide bonds. The molecule has 1 radical (unpaired) electrons. The Morgan fingerprint density at radius 1 is 1.01 bits per heavy atom. The summed E-state index contributed by atoms with van der Waals surface area (Å²) in [6, 6.07) is 2.28. The van der Waals surface area contributed by atoms with Crippen molar-refractivity contribution in [3.8, 4) is 17.1 Å². The Kier molecular flexibility index (Phi) is 18.7. The number of carbonyl (C=O) groups is 5. The van der Waals surface area contributed by atoms with E-state index in [1.807, 2.05) is 0 Å². The number of halogens is 1. The number of nitrogens with two attached hydrogens (primary N) is 1. The van der Waals surface area contributed by atoms with Crippen LogP contribution in [0.25, 0.3) is 28.0 Å². The first-order valence-electron chi connectivity index (χ1n) is 22.7. The van der Waals surface area contributed by atoms with E-state index in [-0.39, 0.29) is 125 Å². The van der Waals surface area contributed by atoms with Gasteiger partial charge in [-0.3, -0.25) is 33.9 Å². The third-order valence-corrected chi connectivity index (χ3v) is 12.3. The van der Waals surface area contributed by atoms with Crippen molar-refractivity contribution in [3.63, 3.8) is 0 Å². The third kappa shape index (κ3) is 12.6. The predicted octanol–water partition coefficient (Wildman–Crippen LogP) is 0.524. The van der Waals surface area contributed by atoms with Gasteiger partial charge < -0.3 is 63.5 Å². The number of pyridine rings is 2. The van der Waals surface area contributed by atoms with Crippen LogP contribution in [0.5, 0.6) is 0 Å². The minimum absolute atomic E-state index is 0. The number of rotatable bonds is 22. The van der Waals surface area contributed by atoms with Crippen LogP contribution in [0.15, 0.2) is 46.7 Å². The molecule has 0 fully saturated rings. The number of esters is 1. The van der Waals surface area contributed by atoms with E-state index in [2.05, 4.69) is 41.5 Å². The quantitative estimate of drug-likeness (QED) is 0.0234. The number of amides is 4. The third-order valence-electron chi connectivity index (χ3n) is 12.1. The number of nitrogens with zero attached hydrogens (tertiary/aromatic N) is 7. The van der Waals surface area contributed by atoms with Crippen molar-refractivity contribution in [1.29, 1.82) is 0 Å². The van der Waals surface area contributed by atoms with Crippen LogP contribution in [0, 0.1) is 57.3 Å². The fourth-order valence-electron chi connectivity index (χ4n) is 8.18. The number of aryl methyl sites for hydroxylation is 1. The fourth-order valence-corrected chi connectivity index (χ4v) is 8.29. The molecule has 381 valence electrons. The van der Waals surface area contributed by atoms with Crippen LogP contribution in [0.2, 0.25) is 0 Å². The zero-order valence-electron chi connectivity index (χ0n) is 39.3. The van der Waals surface area contributed by atoms with Gasteiger partial charge in [0.05, 0.1) is 74.0 Å². The molecule has 2 aliphatic rings. The summed E-state index contributed by atoms with van der Waals surface area (Å²) in [7, 11) is 0. The molecule has 0 saturated carbocycles. The molecule has 6 heterocycles. The fraction of sp³-hybridized carbons (Fsp3) is 0.457. The largest absolute Gasteiger partial charge is 0.740 e. The van der Waals surface area contributed by atoms with E-state index < -0.39 is 65.2 Å². The van der Waals surface area contributed by atoms with Gasteiger partial charge in [-0.1, -0.05) is 26.0 Å². The summed E-state index contributed by atoms with van der Waals surface area (Å²) in [5.74, 6) is -4.20. The summed E-state index contributed by atoms with van der Waals surface area (Å²) in [4.78, 5) is 92.8. The molecule has 7 N–H and O–H groups in total. The summed E-state index contributed by atoms with van der Waals surface area (Å²) >= 11 is 4.90. The minimum Gasteiger partial charge on any atom is -0.740 e. The number of hydrogen-bond donors (Lipinski definition) is 6. The number of cyclic esters (lactones) is 1. The van der Waals surface area contributed by atoms with Gasteiger partial charge in [0.15, 0.2) is 5.60 Å². The molecule has 0 aliphatic carbocycles. The van der Waals surface area contributed by atoms with Gasteiger partial charge in [-0.05, 0) is 68.3 Å². The van der Waals surface area contributed by atoms with Crippen molar-refractivity contribution in [2.24, 2.45) is 11.7 Å². The molecular formula is C46H54FN12O10STb-. The monoisotopic (exact) mass is 1140 g/mol. The average molecular weight is 1150 g/mol. The molecule has 1 aromatic carbocycles. The van der Waals surface area contributed by atoms with Crippen LogP contribution >= 0.6 is 0 Å². The molecular weight excluding hydrogens is 1090 g/mol. The van der Waals surface area contributed by atoms with Crippen LogP contribution < -0.4 is 32.6 Å².